The summed E-state index contributed by atoms with van der Waals surface area (Å²) < 4.78 is 40.3. The molecule has 1 rings (SSSR count). The van der Waals surface area contributed by atoms with Gasteiger partial charge in [0.1, 0.15) is 21.4 Å². The summed E-state index contributed by atoms with van der Waals surface area (Å²) in [5.74, 6) is -0.173. The van der Waals surface area contributed by atoms with E-state index in [-0.39, 0.29) is 23.9 Å². The molecule has 0 heterocycles. The monoisotopic (exact) mass is 346 g/mol. The van der Waals surface area contributed by atoms with Crippen molar-refractivity contribution in [1.29, 1.82) is 0 Å². The number of carbonyl (C=O) groups is 1. The minimum Gasteiger partial charge on any atom is -0.494 e. The predicted molar refractivity (Wildman–Crippen MR) is 86.5 cm³/mol. The first-order chi connectivity index (χ1) is 10.7. The summed E-state index contributed by atoms with van der Waals surface area (Å²) in [6.07, 6.45) is 1.80. The van der Waals surface area contributed by atoms with Crippen LogP contribution in [0.15, 0.2) is 24.3 Å². The van der Waals surface area contributed by atoms with Gasteiger partial charge in [-0.15, -0.1) is 0 Å². The standard InChI is InChI=1S/C15H23FN2O4S/c1-18(15(19)14(17)8-11-23(2,20)21)9-3-10-22-13-6-4-12(16)5-7-13/h4-7,14H,3,8-11,17H2,1-2H3. The van der Waals surface area contributed by atoms with Gasteiger partial charge in [-0.3, -0.25) is 4.79 Å². The molecule has 0 aliphatic carbocycles. The molecule has 1 amide bonds. The maximum Gasteiger partial charge on any atom is 0.239 e. The molecule has 0 fully saturated rings. The van der Waals surface area contributed by atoms with Gasteiger partial charge in [-0.05, 0) is 37.1 Å². The molecular formula is C15H23FN2O4S. The lowest BCUT2D eigenvalue weighted by Crippen LogP contribution is -2.43. The van der Waals surface area contributed by atoms with Crippen molar-refractivity contribution in [2.45, 2.75) is 18.9 Å². The van der Waals surface area contributed by atoms with Gasteiger partial charge in [0.05, 0.1) is 18.4 Å². The van der Waals surface area contributed by atoms with Crippen LogP contribution in [0.1, 0.15) is 12.8 Å². The zero-order valence-electron chi connectivity index (χ0n) is 13.4. The molecule has 8 heteroatoms. The molecule has 2 N–H and O–H groups in total. The van der Waals surface area contributed by atoms with Gasteiger partial charge < -0.3 is 15.4 Å². The van der Waals surface area contributed by atoms with Crippen molar-refractivity contribution in [3.05, 3.63) is 30.1 Å². The van der Waals surface area contributed by atoms with Gasteiger partial charge >= 0.3 is 0 Å². The summed E-state index contributed by atoms with van der Waals surface area (Å²) in [4.78, 5) is 13.4. The van der Waals surface area contributed by atoms with E-state index in [1.165, 1.54) is 29.2 Å². The fourth-order valence-electron chi connectivity index (χ4n) is 1.88. The number of hydrogen-bond acceptors (Lipinski definition) is 5. The van der Waals surface area contributed by atoms with Crippen LogP contribution < -0.4 is 10.5 Å². The second-order valence-corrected chi connectivity index (χ2v) is 7.70. The maximum atomic E-state index is 12.7. The Morgan fingerprint density at radius 1 is 1.35 bits per heavy atom. The van der Waals surface area contributed by atoms with Crippen molar-refractivity contribution in [3.63, 3.8) is 0 Å². The second-order valence-electron chi connectivity index (χ2n) is 5.44. The van der Waals surface area contributed by atoms with Crippen LogP contribution in [-0.2, 0) is 14.6 Å². The van der Waals surface area contributed by atoms with Crippen molar-refractivity contribution in [2.75, 3.05) is 32.2 Å². The third-order valence-electron chi connectivity index (χ3n) is 3.21. The van der Waals surface area contributed by atoms with Gasteiger partial charge in [-0.1, -0.05) is 0 Å². The molecule has 0 radical (unpaired) electrons. The summed E-state index contributed by atoms with van der Waals surface area (Å²) in [5, 5.41) is 0. The highest BCUT2D eigenvalue weighted by Gasteiger charge is 2.19. The summed E-state index contributed by atoms with van der Waals surface area (Å²) >= 11 is 0. The number of benzene rings is 1. The highest BCUT2D eigenvalue weighted by atomic mass is 32.2. The quantitative estimate of drug-likeness (QED) is 0.669. The molecule has 1 unspecified atom stereocenters. The van der Waals surface area contributed by atoms with E-state index in [1.54, 1.807) is 7.05 Å². The highest BCUT2D eigenvalue weighted by molar-refractivity contribution is 7.90. The first kappa shape index (κ1) is 19.4. The molecule has 0 saturated heterocycles. The Bertz CT molecular complexity index is 604. The van der Waals surface area contributed by atoms with Gasteiger partial charge in [0, 0.05) is 19.8 Å². The van der Waals surface area contributed by atoms with Crippen LogP contribution in [0.4, 0.5) is 4.39 Å². The van der Waals surface area contributed by atoms with Gasteiger partial charge in [0.25, 0.3) is 0 Å². The zero-order valence-corrected chi connectivity index (χ0v) is 14.2. The van der Waals surface area contributed by atoms with Crippen LogP contribution in [0.3, 0.4) is 0 Å². The lowest BCUT2D eigenvalue weighted by molar-refractivity contribution is -0.131. The van der Waals surface area contributed by atoms with Crippen LogP contribution in [-0.4, -0.2) is 57.5 Å². The third kappa shape index (κ3) is 7.94. The average molecular weight is 346 g/mol. The molecule has 0 saturated carbocycles. The minimum absolute atomic E-state index is 0.105. The Balaban J connectivity index is 2.28. The molecule has 0 aromatic heterocycles. The smallest absolute Gasteiger partial charge is 0.239 e. The summed E-state index contributed by atoms with van der Waals surface area (Å²) in [6.45, 7) is 0.814. The van der Waals surface area contributed by atoms with Gasteiger partial charge in [-0.25, -0.2) is 12.8 Å². The number of ether oxygens (including phenoxy) is 1. The third-order valence-corrected chi connectivity index (χ3v) is 4.19. The molecule has 1 aromatic carbocycles. The Hall–Kier alpha value is -1.67. The number of nitrogens with zero attached hydrogens (tertiary/aromatic N) is 1. The summed E-state index contributed by atoms with van der Waals surface area (Å²) in [6, 6.07) is 4.86. The van der Waals surface area contributed by atoms with E-state index < -0.39 is 15.9 Å². The molecule has 23 heavy (non-hydrogen) atoms. The van der Waals surface area contributed by atoms with E-state index in [0.717, 1.165) is 6.26 Å². The van der Waals surface area contributed by atoms with E-state index in [1.807, 2.05) is 0 Å². The van der Waals surface area contributed by atoms with E-state index >= 15 is 0 Å². The number of nitrogens with two attached hydrogens (primary N) is 1. The topological polar surface area (TPSA) is 89.7 Å². The van der Waals surface area contributed by atoms with Crippen molar-refractivity contribution < 1.29 is 22.3 Å². The lowest BCUT2D eigenvalue weighted by atomic mass is 10.2. The Labute approximate surface area is 136 Å². The van der Waals surface area contributed by atoms with Gasteiger partial charge in [-0.2, -0.15) is 0 Å². The molecule has 6 nitrogen and oxygen atoms in total. The van der Waals surface area contributed by atoms with E-state index in [0.29, 0.717) is 25.3 Å². The Kier molecular flexibility index (Phi) is 7.44. The largest absolute Gasteiger partial charge is 0.494 e. The van der Waals surface area contributed by atoms with E-state index in [4.69, 9.17) is 10.5 Å². The molecule has 1 atom stereocenters. The molecule has 0 aliphatic heterocycles. The molecular weight excluding hydrogens is 323 g/mol. The molecule has 0 bridgehead atoms. The van der Waals surface area contributed by atoms with Crippen molar-refractivity contribution in [1.82, 2.24) is 4.90 Å². The summed E-state index contributed by atoms with van der Waals surface area (Å²) in [5.41, 5.74) is 5.71. The fraction of sp³-hybridized carbons (Fsp3) is 0.533. The Morgan fingerprint density at radius 2 is 1.96 bits per heavy atom. The van der Waals surface area contributed by atoms with Gasteiger partial charge in [0.15, 0.2) is 0 Å². The Morgan fingerprint density at radius 3 is 2.52 bits per heavy atom. The van der Waals surface area contributed by atoms with Crippen molar-refractivity contribution in [3.8, 4) is 5.75 Å². The number of amides is 1. The molecule has 0 spiro atoms. The highest BCUT2D eigenvalue weighted by Crippen LogP contribution is 2.11. The average Bonchev–Trinajstić information content (AvgIpc) is 2.49. The number of hydrogen-bond donors (Lipinski definition) is 1. The SMILES string of the molecule is CN(CCCOc1ccc(F)cc1)C(=O)C(N)CCS(C)(=O)=O. The predicted octanol–water partition coefficient (Wildman–Crippen LogP) is 0.815. The second kappa shape index (κ2) is 8.83. The van der Waals surface area contributed by atoms with Crippen LogP contribution >= 0.6 is 0 Å². The van der Waals surface area contributed by atoms with Gasteiger partial charge in [0.2, 0.25) is 5.91 Å². The van der Waals surface area contributed by atoms with Crippen LogP contribution in [0.5, 0.6) is 5.75 Å². The van der Waals surface area contributed by atoms with Crippen LogP contribution in [0.2, 0.25) is 0 Å². The first-order valence-corrected chi connectivity index (χ1v) is 9.32. The first-order valence-electron chi connectivity index (χ1n) is 7.25. The number of likely N-dealkylation sites (N-methyl/N-ethyl adjacent to an activating group) is 1. The molecule has 130 valence electrons. The summed E-state index contributed by atoms with van der Waals surface area (Å²) in [7, 11) is -1.52. The molecule has 0 aliphatic rings. The van der Waals surface area contributed by atoms with Crippen molar-refractivity contribution >= 4 is 15.7 Å². The minimum atomic E-state index is -3.13. The van der Waals surface area contributed by atoms with E-state index in [9.17, 15) is 17.6 Å². The van der Waals surface area contributed by atoms with E-state index in [2.05, 4.69) is 0 Å². The zero-order chi connectivity index (χ0) is 17.5. The molecule has 1 aromatic rings. The number of sulfone groups is 1. The number of carbonyl (C=O) groups excluding carboxylic acids is 1. The number of rotatable bonds is 9. The number of halogens is 1. The van der Waals surface area contributed by atoms with Crippen LogP contribution in [0, 0.1) is 5.82 Å². The maximum absolute atomic E-state index is 12.7. The van der Waals surface area contributed by atoms with Crippen LogP contribution in [0.25, 0.3) is 0 Å². The normalized spacial score (nSPS) is 12.7. The fourth-order valence-corrected chi connectivity index (χ4v) is 2.56. The van der Waals surface area contributed by atoms with Crippen molar-refractivity contribution in [2.24, 2.45) is 5.73 Å². The lowest BCUT2D eigenvalue weighted by Gasteiger charge is -2.21.